The molecule has 1 saturated carbocycles. The van der Waals surface area contributed by atoms with Crippen LogP contribution in [0.25, 0.3) is 11.0 Å². The van der Waals surface area contributed by atoms with Crippen molar-refractivity contribution < 1.29 is 14.4 Å². The van der Waals surface area contributed by atoms with E-state index in [9.17, 15) is 20.1 Å². The Kier molecular flexibility index (Phi) is 8.59. The summed E-state index contributed by atoms with van der Waals surface area (Å²) >= 11 is 0. The van der Waals surface area contributed by atoms with E-state index < -0.39 is 5.60 Å². The zero-order valence-corrected chi connectivity index (χ0v) is 25.8. The second-order valence-corrected chi connectivity index (χ2v) is 12.4. The fraction of sp³-hybridized carbons (Fsp3) is 0.455. The molecular weight excluding hydrogens is 558 g/mol. The highest BCUT2D eigenvalue weighted by molar-refractivity contribution is 6.02. The summed E-state index contributed by atoms with van der Waals surface area (Å²) in [6.07, 6.45) is 2.95. The van der Waals surface area contributed by atoms with E-state index in [0.29, 0.717) is 36.4 Å². The smallest absolute Gasteiger partial charge is 0.410 e. The first-order valence-corrected chi connectivity index (χ1v) is 14.8. The van der Waals surface area contributed by atoms with Gasteiger partial charge in [0.05, 0.1) is 23.5 Å². The van der Waals surface area contributed by atoms with Crippen LogP contribution in [0.3, 0.4) is 0 Å². The van der Waals surface area contributed by atoms with Crippen LogP contribution in [0.1, 0.15) is 68.8 Å². The molecule has 2 fully saturated rings. The Bertz CT molecular complexity index is 1730. The number of ether oxygens (including phenoxy) is 1. The van der Waals surface area contributed by atoms with Crippen molar-refractivity contribution in [1.29, 1.82) is 10.5 Å². The monoisotopic (exact) mass is 595 g/mol. The van der Waals surface area contributed by atoms with Gasteiger partial charge in [0.2, 0.25) is 0 Å². The van der Waals surface area contributed by atoms with Gasteiger partial charge in [0.1, 0.15) is 41.1 Å². The highest BCUT2D eigenvalue weighted by Crippen LogP contribution is 2.35. The van der Waals surface area contributed by atoms with Gasteiger partial charge >= 0.3 is 6.09 Å². The van der Waals surface area contributed by atoms with E-state index in [1.165, 1.54) is 4.57 Å². The SMILES string of the molecule is Cn1c(=O)c(C#N)c(N(C)[C@H]2CC[C@@H](/C(=N/OC(C)(C)C)c3ccc(CN4CCOC4=O)cc3)CC2)c2nc(C#N)ccc21. The number of anilines is 1. The molecule has 0 atom stereocenters. The molecule has 0 unspecified atom stereocenters. The van der Waals surface area contributed by atoms with Crippen LogP contribution in [0.5, 0.6) is 0 Å². The Morgan fingerprint density at radius 3 is 2.39 bits per heavy atom. The first-order chi connectivity index (χ1) is 21.0. The van der Waals surface area contributed by atoms with Crippen LogP contribution in [0, 0.1) is 28.6 Å². The summed E-state index contributed by atoms with van der Waals surface area (Å²) in [5.74, 6) is 0.139. The standard InChI is InChI=1S/C33H37N7O4/c1-33(2,3)44-37-28(22-8-6-21(7-9-22)20-40-16-17-43-32(40)42)23-10-13-25(14-11-23)38(4)30-26(19-35)31(41)39(5)27-15-12-24(18-34)36-29(27)30/h6-9,12,15,23,25H,10-11,13-14,16-17,20H2,1-5H3/b37-28+/t23-,25+. The summed E-state index contributed by atoms with van der Waals surface area (Å²) in [4.78, 5) is 39.1. The second-order valence-electron chi connectivity index (χ2n) is 12.4. The minimum atomic E-state index is -0.456. The molecule has 1 amide bonds. The summed E-state index contributed by atoms with van der Waals surface area (Å²) in [6, 6.07) is 15.6. The number of cyclic esters (lactones) is 1. The lowest BCUT2D eigenvalue weighted by atomic mass is 9.80. The molecule has 3 heterocycles. The molecule has 0 N–H and O–H groups in total. The summed E-state index contributed by atoms with van der Waals surface area (Å²) in [5.41, 5.74) is 3.77. The van der Waals surface area contributed by atoms with Gasteiger partial charge in [-0.05, 0) is 69.7 Å². The zero-order valence-electron chi connectivity index (χ0n) is 25.8. The highest BCUT2D eigenvalue weighted by Gasteiger charge is 2.32. The minimum Gasteiger partial charge on any atom is -0.448 e. The Labute approximate surface area is 256 Å². The topological polar surface area (TPSA) is 137 Å². The molecule has 1 aliphatic heterocycles. The maximum Gasteiger partial charge on any atom is 0.410 e. The minimum absolute atomic E-state index is 0.0234. The maximum atomic E-state index is 13.1. The summed E-state index contributed by atoms with van der Waals surface area (Å²) < 4.78 is 6.46. The van der Waals surface area contributed by atoms with Crippen molar-refractivity contribution in [3.05, 3.63) is 69.1 Å². The van der Waals surface area contributed by atoms with Crippen molar-refractivity contribution in [3.8, 4) is 12.1 Å². The molecule has 2 aromatic heterocycles. The molecule has 228 valence electrons. The number of aromatic nitrogens is 2. The van der Waals surface area contributed by atoms with Crippen LogP contribution in [-0.2, 0) is 23.2 Å². The number of aryl methyl sites for hydroxylation is 1. The molecule has 0 bridgehead atoms. The van der Waals surface area contributed by atoms with Crippen molar-refractivity contribution in [3.63, 3.8) is 0 Å². The van der Waals surface area contributed by atoms with Crippen molar-refractivity contribution in [2.75, 3.05) is 25.1 Å². The number of benzene rings is 1. The van der Waals surface area contributed by atoms with Gasteiger partial charge < -0.3 is 23.9 Å². The number of hydrogen-bond donors (Lipinski definition) is 0. The first kappa shape index (κ1) is 30.6. The fourth-order valence-electron chi connectivity index (χ4n) is 5.94. The van der Waals surface area contributed by atoms with E-state index in [1.807, 2.05) is 57.0 Å². The Balaban J connectivity index is 1.39. The van der Waals surface area contributed by atoms with Gasteiger partial charge in [-0.3, -0.25) is 4.79 Å². The third kappa shape index (κ3) is 6.23. The number of nitrogens with zero attached hydrogens (tertiary/aromatic N) is 7. The largest absolute Gasteiger partial charge is 0.448 e. The molecular formula is C33H37N7O4. The molecule has 1 aromatic carbocycles. The van der Waals surface area contributed by atoms with Gasteiger partial charge in [0, 0.05) is 32.6 Å². The van der Waals surface area contributed by atoms with Gasteiger partial charge in [-0.25, -0.2) is 9.78 Å². The predicted molar refractivity (Wildman–Crippen MR) is 166 cm³/mol. The second kappa shape index (κ2) is 12.4. The number of nitriles is 2. The van der Waals surface area contributed by atoms with E-state index >= 15 is 0 Å². The number of pyridine rings is 2. The summed E-state index contributed by atoms with van der Waals surface area (Å²) in [6.45, 7) is 7.39. The molecule has 0 spiro atoms. The van der Waals surface area contributed by atoms with Crippen molar-refractivity contribution in [2.24, 2.45) is 18.1 Å². The van der Waals surface area contributed by atoms with Crippen LogP contribution >= 0.6 is 0 Å². The highest BCUT2D eigenvalue weighted by atomic mass is 16.6. The summed E-state index contributed by atoms with van der Waals surface area (Å²) in [5, 5.41) is 24.1. The van der Waals surface area contributed by atoms with Gasteiger partial charge in [-0.15, -0.1) is 0 Å². The lowest BCUT2D eigenvalue weighted by Crippen LogP contribution is -2.39. The van der Waals surface area contributed by atoms with Crippen molar-refractivity contribution in [1.82, 2.24) is 14.5 Å². The zero-order chi connectivity index (χ0) is 31.6. The van der Waals surface area contributed by atoms with Crippen molar-refractivity contribution >= 4 is 28.5 Å². The van der Waals surface area contributed by atoms with Crippen LogP contribution in [-0.4, -0.2) is 58.1 Å². The van der Waals surface area contributed by atoms with E-state index in [-0.39, 0.29) is 34.9 Å². The molecule has 1 saturated heterocycles. The van der Waals surface area contributed by atoms with Gasteiger partial charge in [0.15, 0.2) is 0 Å². The van der Waals surface area contributed by atoms with Gasteiger partial charge in [0.25, 0.3) is 5.56 Å². The average molecular weight is 596 g/mol. The molecule has 3 aromatic rings. The fourth-order valence-corrected chi connectivity index (χ4v) is 5.94. The molecule has 11 heteroatoms. The predicted octanol–water partition coefficient (Wildman–Crippen LogP) is 4.84. The van der Waals surface area contributed by atoms with Crippen LogP contribution in [0.15, 0.2) is 46.3 Å². The quantitative estimate of drug-likeness (QED) is 0.279. The number of carbonyl (C=O) groups is 1. The first-order valence-electron chi connectivity index (χ1n) is 14.8. The van der Waals surface area contributed by atoms with E-state index in [0.717, 1.165) is 42.5 Å². The molecule has 0 radical (unpaired) electrons. The number of hydrogen-bond acceptors (Lipinski definition) is 9. The van der Waals surface area contributed by atoms with E-state index in [2.05, 4.69) is 22.3 Å². The third-order valence-electron chi connectivity index (χ3n) is 8.31. The molecule has 11 nitrogen and oxygen atoms in total. The lowest BCUT2D eigenvalue weighted by Gasteiger charge is -2.37. The number of oxime groups is 1. The number of carbonyl (C=O) groups excluding carboxylic acids is 1. The number of fused-ring (bicyclic) bond motifs is 1. The Morgan fingerprint density at radius 1 is 1.09 bits per heavy atom. The van der Waals surface area contributed by atoms with Crippen LogP contribution in [0.2, 0.25) is 0 Å². The maximum absolute atomic E-state index is 13.1. The Hall–Kier alpha value is -4.90. The molecule has 2 aliphatic rings. The van der Waals surface area contributed by atoms with Crippen LogP contribution < -0.4 is 10.5 Å². The van der Waals surface area contributed by atoms with E-state index in [4.69, 9.17) is 9.57 Å². The number of rotatable bonds is 7. The lowest BCUT2D eigenvalue weighted by molar-refractivity contribution is -0.0000309. The average Bonchev–Trinajstić information content (AvgIpc) is 3.42. The molecule has 44 heavy (non-hydrogen) atoms. The summed E-state index contributed by atoms with van der Waals surface area (Å²) in [7, 11) is 3.51. The molecule has 1 aliphatic carbocycles. The van der Waals surface area contributed by atoms with Gasteiger partial charge in [-0.2, -0.15) is 10.5 Å². The number of amides is 1. The van der Waals surface area contributed by atoms with Crippen molar-refractivity contribution in [2.45, 2.75) is 64.6 Å². The normalized spacial score (nSPS) is 18.9. The molecule has 5 rings (SSSR count). The van der Waals surface area contributed by atoms with E-state index in [1.54, 1.807) is 24.1 Å². The third-order valence-corrected chi connectivity index (χ3v) is 8.31. The van der Waals surface area contributed by atoms with Crippen LogP contribution in [0.4, 0.5) is 10.5 Å². The van der Waals surface area contributed by atoms with Gasteiger partial charge in [-0.1, -0.05) is 29.4 Å². The Morgan fingerprint density at radius 2 is 1.80 bits per heavy atom.